The van der Waals surface area contributed by atoms with Gasteiger partial charge in [-0.3, -0.25) is 14.7 Å². The van der Waals surface area contributed by atoms with Crippen LogP contribution in [0.5, 0.6) is 5.75 Å². The molecule has 0 bridgehead atoms. The minimum atomic E-state index is -4.16. The maximum absolute atomic E-state index is 13.3. The number of pyridine rings is 2. The largest absolute Gasteiger partial charge is 0.480 e. The van der Waals surface area contributed by atoms with E-state index in [-0.39, 0.29) is 28.6 Å². The van der Waals surface area contributed by atoms with Gasteiger partial charge in [0.05, 0.1) is 11.7 Å². The van der Waals surface area contributed by atoms with E-state index in [0.717, 1.165) is 11.1 Å². The lowest BCUT2D eigenvalue weighted by molar-refractivity contribution is -0.135. The van der Waals surface area contributed by atoms with E-state index in [4.69, 9.17) is 4.74 Å². The number of hydrogen-bond donors (Lipinski definition) is 2. The van der Waals surface area contributed by atoms with Crippen molar-refractivity contribution in [1.29, 1.82) is 0 Å². The average Bonchev–Trinajstić information content (AvgIpc) is 2.87. The van der Waals surface area contributed by atoms with Crippen molar-refractivity contribution in [3.05, 3.63) is 76.7 Å². The fraction of sp³-hybridized carbons (Fsp3) is 0.308. The Labute approximate surface area is 243 Å². The summed E-state index contributed by atoms with van der Waals surface area (Å²) < 4.78 is 64.3. The van der Waals surface area contributed by atoms with Gasteiger partial charge in [-0.2, -0.15) is 8.78 Å². The van der Waals surface area contributed by atoms with Crippen LogP contribution in [0.3, 0.4) is 0 Å². The number of hydrogen-bond acceptors (Lipinski definition) is 8. The van der Waals surface area contributed by atoms with Gasteiger partial charge in [-0.05, 0) is 85.1 Å². The normalized spacial score (nSPS) is 12.6. The molecule has 0 spiro atoms. The SMILES string of the molecule is CC(C)(C)OC(=O)N(CC(=O)O)c1ccc(Br)c(C(Cc2ccc(OC(F)F)cc2)NS(=O)(=O)c2cccnc2)n1. The van der Waals surface area contributed by atoms with E-state index in [1.54, 1.807) is 20.8 Å². The molecule has 1 aromatic carbocycles. The third-order valence-corrected chi connectivity index (χ3v) is 7.33. The van der Waals surface area contributed by atoms with Gasteiger partial charge in [0.15, 0.2) is 0 Å². The summed E-state index contributed by atoms with van der Waals surface area (Å²) in [5, 5.41) is 9.44. The molecule has 0 fully saturated rings. The number of ether oxygens (including phenoxy) is 2. The highest BCUT2D eigenvalue weighted by Gasteiger charge is 2.29. The van der Waals surface area contributed by atoms with Gasteiger partial charge in [-0.1, -0.05) is 12.1 Å². The number of sulfonamides is 1. The lowest BCUT2D eigenvalue weighted by atomic mass is 10.0. The monoisotopic (exact) mass is 656 g/mol. The highest BCUT2D eigenvalue weighted by Crippen LogP contribution is 2.30. The number of halogens is 3. The molecular weight excluding hydrogens is 630 g/mol. The topological polar surface area (TPSA) is 148 Å². The van der Waals surface area contributed by atoms with Gasteiger partial charge in [0.25, 0.3) is 0 Å². The van der Waals surface area contributed by atoms with Crippen molar-refractivity contribution < 1.29 is 41.4 Å². The molecule has 15 heteroatoms. The lowest BCUT2D eigenvalue weighted by Gasteiger charge is -2.27. The van der Waals surface area contributed by atoms with Crippen molar-refractivity contribution in [1.82, 2.24) is 14.7 Å². The molecule has 0 aliphatic heterocycles. The lowest BCUT2D eigenvalue weighted by Crippen LogP contribution is -2.40. The van der Waals surface area contributed by atoms with E-state index in [2.05, 4.69) is 35.4 Å². The Kier molecular flexibility index (Phi) is 10.3. The van der Waals surface area contributed by atoms with Crippen LogP contribution in [0.25, 0.3) is 0 Å². The van der Waals surface area contributed by atoms with E-state index in [1.807, 2.05) is 0 Å². The van der Waals surface area contributed by atoms with Gasteiger partial charge in [0, 0.05) is 16.9 Å². The van der Waals surface area contributed by atoms with Crippen molar-refractivity contribution in [3.63, 3.8) is 0 Å². The Morgan fingerprint density at radius 1 is 1.12 bits per heavy atom. The molecule has 2 N–H and O–H groups in total. The molecule has 3 rings (SSSR count). The third kappa shape index (κ3) is 9.43. The van der Waals surface area contributed by atoms with Gasteiger partial charge in [-0.25, -0.2) is 22.9 Å². The second-order valence-electron chi connectivity index (χ2n) is 9.59. The number of nitrogens with zero attached hydrogens (tertiary/aromatic N) is 3. The van der Waals surface area contributed by atoms with Crippen molar-refractivity contribution in [2.45, 2.75) is 50.3 Å². The Balaban J connectivity index is 2.06. The number of rotatable bonds is 11. The van der Waals surface area contributed by atoms with Crippen molar-refractivity contribution >= 4 is 43.8 Å². The predicted octanol–water partition coefficient (Wildman–Crippen LogP) is 4.93. The zero-order valence-electron chi connectivity index (χ0n) is 22.1. The summed E-state index contributed by atoms with van der Waals surface area (Å²) in [6.45, 7) is 1.06. The van der Waals surface area contributed by atoms with Crippen molar-refractivity contribution in [2.75, 3.05) is 11.4 Å². The minimum absolute atomic E-state index is 0.0190. The zero-order chi connectivity index (χ0) is 30.4. The van der Waals surface area contributed by atoms with E-state index in [0.29, 0.717) is 10.0 Å². The van der Waals surface area contributed by atoms with E-state index < -0.39 is 46.9 Å². The summed E-state index contributed by atoms with van der Waals surface area (Å²) in [6.07, 6.45) is 1.58. The Morgan fingerprint density at radius 3 is 2.37 bits per heavy atom. The molecular formula is C26H27BrF2N4O7S. The van der Waals surface area contributed by atoms with Crippen LogP contribution < -0.4 is 14.4 Å². The second kappa shape index (κ2) is 13.3. The number of carbonyl (C=O) groups is 2. The molecule has 220 valence electrons. The molecule has 0 radical (unpaired) electrons. The summed E-state index contributed by atoms with van der Waals surface area (Å²) in [7, 11) is -4.16. The van der Waals surface area contributed by atoms with Crippen LogP contribution in [0.1, 0.15) is 38.1 Å². The average molecular weight is 657 g/mol. The first-order valence-electron chi connectivity index (χ1n) is 12.0. The molecule has 0 aliphatic rings. The van der Waals surface area contributed by atoms with E-state index >= 15 is 0 Å². The van der Waals surface area contributed by atoms with Crippen LogP contribution in [-0.2, 0) is 26.0 Å². The van der Waals surface area contributed by atoms with E-state index in [9.17, 15) is 31.9 Å². The van der Waals surface area contributed by atoms with Gasteiger partial charge >= 0.3 is 18.7 Å². The van der Waals surface area contributed by atoms with Crippen LogP contribution in [0.15, 0.2) is 70.3 Å². The summed E-state index contributed by atoms with van der Waals surface area (Å²) >= 11 is 3.37. The van der Waals surface area contributed by atoms with Crippen LogP contribution >= 0.6 is 15.9 Å². The molecule has 0 aliphatic carbocycles. The highest BCUT2D eigenvalue weighted by atomic mass is 79.9. The number of amides is 1. The van der Waals surface area contributed by atoms with Crippen LogP contribution in [0, 0.1) is 0 Å². The standard InChI is InChI=1S/C26H27BrF2N4O7S/c1-26(2,3)40-25(36)33(15-22(34)35)21-11-10-19(27)23(31-21)20(32-41(37,38)18-5-4-12-30-14-18)13-16-6-8-17(9-7-16)39-24(28)29/h4-12,14,20,24,32H,13,15H2,1-3H3,(H,34,35). The van der Waals surface area contributed by atoms with Crippen molar-refractivity contribution in [3.8, 4) is 5.75 Å². The maximum Gasteiger partial charge on any atom is 0.416 e. The van der Waals surface area contributed by atoms with Gasteiger partial charge < -0.3 is 14.6 Å². The molecule has 1 amide bonds. The fourth-order valence-corrected chi connectivity index (χ4v) is 5.19. The van der Waals surface area contributed by atoms with Gasteiger partial charge in [0.1, 0.15) is 28.6 Å². The number of aliphatic carboxylic acids is 1. The molecule has 1 atom stereocenters. The summed E-state index contributed by atoms with van der Waals surface area (Å²) in [4.78, 5) is 33.4. The summed E-state index contributed by atoms with van der Waals surface area (Å²) in [6, 6.07) is 10.2. The number of carboxylic acids is 1. The number of benzene rings is 1. The maximum atomic E-state index is 13.3. The molecule has 2 heterocycles. The number of carboxylic acid groups (broad SMARTS) is 1. The van der Waals surface area contributed by atoms with Gasteiger partial charge in [-0.15, -0.1) is 0 Å². The molecule has 0 saturated heterocycles. The van der Waals surface area contributed by atoms with Crippen LogP contribution in [-0.4, -0.2) is 54.3 Å². The molecule has 3 aromatic rings. The molecule has 1 unspecified atom stereocenters. The zero-order valence-corrected chi connectivity index (χ0v) is 24.5. The highest BCUT2D eigenvalue weighted by molar-refractivity contribution is 9.10. The Morgan fingerprint density at radius 2 is 1.80 bits per heavy atom. The Bertz CT molecular complexity index is 1470. The minimum Gasteiger partial charge on any atom is -0.480 e. The summed E-state index contributed by atoms with van der Waals surface area (Å²) in [5.74, 6) is -1.52. The quantitative estimate of drug-likeness (QED) is 0.293. The first kappa shape index (κ1) is 31.8. The van der Waals surface area contributed by atoms with Crippen molar-refractivity contribution in [2.24, 2.45) is 0 Å². The van der Waals surface area contributed by atoms with E-state index in [1.165, 1.54) is 54.7 Å². The molecule has 41 heavy (non-hydrogen) atoms. The van der Waals surface area contributed by atoms with Crippen LogP contribution in [0.2, 0.25) is 0 Å². The van der Waals surface area contributed by atoms with Gasteiger partial charge in [0.2, 0.25) is 10.0 Å². The Hall–Kier alpha value is -3.69. The first-order chi connectivity index (χ1) is 19.1. The number of aromatic nitrogens is 2. The number of nitrogens with one attached hydrogen (secondary N) is 1. The fourth-order valence-electron chi connectivity index (χ4n) is 3.53. The van der Waals surface area contributed by atoms with Crippen LogP contribution in [0.4, 0.5) is 19.4 Å². The number of anilines is 1. The molecule has 11 nitrogen and oxygen atoms in total. The third-order valence-electron chi connectivity index (χ3n) is 5.20. The summed E-state index contributed by atoms with van der Waals surface area (Å²) in [5.41, 5.74) is -0.297. The first-order valence-corrected chi connectivity index (χ1v) is 14.3. The number of carbonyl (C=O) groups excluding carboxylic acids is 1. The molecule has 0 saturated carbocycles. The molecule has 2 aromatic heterocycles. The predicted molar refractivity (Wildman–Crippen MR) is 147 cm³/mol. The smallest absolute Gasteiger partial charge is 0.416 e. The number of alkyl halides is 2. The second-order valence-corrected chi connectivity index (χ2v) is 12.2.